The van der Waals surface area contributed by atoms with Gasteiger partial charge in [-0.25, -0.2) is 4.39 Å². The SMILES string of the molecule is Cc1cc(F)ccc1C(=O)c1ccnnc1. The molecule has 0 aliphatic heterocycles. The fourth-order valence-electron chi connectivity index (χ4n) is 1.46. The van der Waals surface area contributed by atoms with Gasteiger partial charge < -0.3 is 0 Å². The molecule has 4 heteroatoms. The molecular weight excluding hydrogens is 207 g/mol. The number of hydrogen-bond donors (Lipinski definition) is 0. The summed E-state index contributed by atoms with van der Waals surface area (Å²) in [5, 5.41) is 7.23. The Morgan fingerprint density at radius 1 is 1.25 bits per heavy atom. The van der Waals surface area contributed by atoms with Gasteiger partial charge in [-0.2, -0.15) is 10.2 Å². The van der Waals surface area contributed by atoms with E-state index in [9.17, 15) is 9.18 Å². The van der Waals surface area contributed by atoms with Crippen molar-refractivity contribution in [1.29, 1.82) is 0 Å². The molecule has 2 aromatic rings. The third-order valence-corrected chi connectivity index (χ3v) is 2.28. The first-order chi connectivity index (χ1) is 7.68. The molecule has 0 radical (unpaired) electrons. The fourth-order valence-corrected chi connectivity index (χ4v) is 1.46. The molecular formula is C12H9FN2O. The standard InChI is InChI=1S/C12H9FN2O/c1-8-6-10(13)2-3-11(8)12(16)9-4-5-14-15-7-9/h2-7H,1H3. The van der Waals surface area contributed by atoms with Crippen LogP contribution in [0, 0.1) is 12.7 Å². The quantitative estimate of drug-likeness (QED) is 0.722. The molecule has 0 aliphatic carbocycles. The van der Waals surface area contributed by atoms with Crippen molar-refractivity contribution >= 4 is 5.78 Å². The van der Waals surface area contributed by atoms with Crippen LogP contribution in [0.5, 0.6) is 0 Å². The molecule has 0 bridgehead atoms. The molecule has 0 N–H and O–H groups in total. The van der Waals surface area contributed by atoms with Crippen LogP contribution in [0.15, 0.2) is 36.7 Å². The molecule has 0 saturated carbocycles. The van der Waals surface area contributed by atoms with Gasteiger partial charge in [-0.05, 0) is 36.8 Å². The van der Waals surface area contributed by atoms with E-state index in [1.807, 2.05) is 0 Å². The maximum Gasteiger partial charge on any atom is 0.194 e. The number of rotatable bonds is 2. The largest absolute Gasteiger partial charge is 0.289 e. The Labute approximate surface area is 92.0 Å². The molecule has 0 saturated heterocycles. The van der Waals surface area contributed by atoms with Crippen LogP contribution in [0.3, 0.4) is 0 Å². The molecule has 16 heavy (non-hydrogen) atoms. The lowest BCUT2D eigenvalue weighted by Crippen LogP contribution is -2.04. The maximum absolute atomic E-state index is 12.9. The second kappa shape index (κ2) is 4.18. The zero-order valence-electron chi connectivity index (χ0n) is 8.64. The number of nitrogens with zero attached hydrogens (tertiary/aromatic N) is 2. The van der Waals surface area contributed by atoms with Crippen LogP contribution >= 0.6 is 0 Å². The fraction of sp³-hybridized carbons (Fsp3) is 0.0833. The van der Waals surface area contributed by atoms with Crippen LogP contribution in [0.1, 0.15) is 21.5 Å². The lowest BCUT2D eigenvalue weighted by atomic mass is 10.0. The zero-order chi connectivity index (χ0) is 11.5. The Bertz CT molecular complexity index is 526. The van der Waals surface area contributed by atoms with Gasteiger partial charge in [0.1, 0.15) is 5.82 Å². The van der Waals surface area contributed by atoms with Gasteiger partial charge in [0, 0.05) is 11.1 Å². The van der Waals surface area contributed by atoms with Crippen LogP contribution in [0.2, 0.25) is 0 Å². The molecule has 1 heterocycles. The monoisotopic (exact) mass is 216 g/mol. The third-order valence-electron chi connectivity index (χ3n) is 2.28. The van der Waals surface area contributed by atoms with E-state index >= 15 is 0 Å². The highest BCUT2D eigenvalue weighted by Gasteiger charge is 2.12. The predicted molar refractivity (Wildman–Crippen MR) is 56.6 cm³/mol. The van der Waals surface area contributed by atoms with Gasteiger partial charge >= 0.3 is 0 Å². The highest BCUT2D eigenvalue weighted by Crippen LogP contribution is 2.14. The molecule has 1 aromatic carbocycles. The summed E-state index contributed by atoms with van der Waals surface area (Å²) in [6.07, 6.45) is 2.84. The van der Waals surface area contributed by atoms with Crippen molar-refractivity contribution in [3.8, 4) is 0 Å². The summed E-state index contributed by atoms with van der Waals surface area (Å²) in [6, 6.07) is 5.67. The van der Waals surface area contributed by atoms with E-state index in [2.05, 4.69) is 10.2 Å². The van der Waals surface area contributed by atoms with E-state index in [1.54, 1.807) is 13.0 Å². The van der Waals surface area contributed by atoms with Crippen molar-refractivity contribution in [3.63, 3.8) is 0 Å². The third kappa shape index (κ3) is 1.95. The summed E-state index contributed by atoms with van der Waals surface area (Å²) in [5.74, 6) is -0.519. The van der Waals surface area contributed by atoms with E-state index in [-0.39, 0.29) is 11.6 Å². The number of carbonyl (C=O) groups is 1. The molecule has 80 valence electrons. The summed E-state index contributed by atoms with van der Waals surface area (Å²) in [4.78, 5) is 12.0. The Morgan fingerprint density at radius 2 is 2.06 bits per heavy atom. The van der Waals surface area contributed by atoms with Gasteiger partial charge in [0.25, 0.3) is 0 Å². The Balaban J connectivity index is 2.42. The second-order valence-corrected chi connectivity index (χ2v) is 3.42. The number of hydrogen-bond acceptors (Lipinski definition) is 3. The Kier molecular flexibility index (Phi) is 2.72. The molecule has 1 aromatic heterocycles. The first kappa shape index (κ1) is 10.4. The molecule has 0 aliphatic rings. The van der Waals surface area contributed by atoms with E-state index in [1.165, 1.54) is 30.6 Å². The predicted octanol–water partition coefficient (Wildman–Crippen LogP) is 2.16. The topological polar surface area (TPSA) is 42.9 Å². The van der Waals surface area contributed by atoms with E-state index in [0.29, 0.717) is 16.7 Å². The summed E-state index contributed by atoms with van der Waals surface area (Å²) in [5.41, 5.74) is 1.54. The zero-order valence-corrected chi connectivity index (χ0v) is 8.64. The minimum absolute atomic E-state index is 0.174. The molecule has 3 nitrogen and oxygen atoms in total. The van der Waals surface area contributed by atoms with Crippen LogP contribution in [-0.2, 0) is 0 Å². The molecule has 0 amide bonds. The minimum atomic E-state index is -0.345. The Hall–Kier alpha value is -2.10. The highest BCUT2D eigenvalue weighted by molar-refractivity contribution is 6.09. The summed E-state index contributed by atoms with van der Waals surface area (Å²) < 4.78 is 12.9. The van der Waals surface area contributed by atoms with Crippen LogP contribution in [0.4, 0.5) is 4.39 Å². The number of aryl methyl sites for hydroxylation is 1. The number of halogens is 1. The van der Waals surface area contributed by atoms with Crippen molar-refractivity contribution in [2.75, 3.05) is 0 Å². The van der Waals surface area contributed by atoms with Crippen LogP contribution < -0.4 is 0 Å². The van der Waals surface area contributed by atoms with Crippen LogP contribution in [-0.4, -0.2) is 16.0 Å². The Morgan fingerprint density at radius 3 is 2.69 bits per heavy atom. The number of ketones is 1. The van der Waals surface area contributed by atoms with Crippen molar-refractivity contribution < 1.29 is 9.18 Å². The van der Waals surface area contributed by atoms with Crippen LogP contribution in [0.25, 0.3) is 0 Å². The normalized spacial score (nSPS) is 10.1. The number of carbonyl (C=O) groups excluding carboxylic acids is 1. The van der Waals surface area contributed by atoms with Gasteiger partial charge in [-0.15, -0.1) is 0 Å². The van der Waals surface area contributed by atoms with Crippen molar-refractivity contribution in [3.05, 3.63) is 59.2 Å². The van der Waals surface area contributed by atoms with E-state index in [4.69, 9.17) is 0 Å². The lowest BCUT2D eigenvalue weighted by Gasteiger charge is -2.04. The van der Waals surface area contributed by atoms with Gasteiger partial charge in [0.05, 0.1) is 12.4 Å². The first-order valence-corrected chi connectivity index (χ1v) is 4.76. The molecule has 0 unspecified atom stereocenters. The minimum Gasteiger partial charge on any atom is -0.289 e. The van der Waals surface area contributed by atoms with E-state index < -0.39 is 0 Å². The van der Waals surface area contributed by atoms with Gasteiger partial charge in [0.15, 0.2) is 5.78 Å². The number of aromatic nitrogens is 2. The average Bonchev–Trinajstić information content (AvgIpc) is 2.29. The van der Waals surface area contributed by atoms with Gasteiger partial charge in [0.2, 0.25) is 0 Å². The second-order valence-electron chi connectivity index (χ2n) is 3.42. The van der Waals surface area contributed by atoms with Crippen molar-refractivity contribution in [1.82, 2.24) is 10.2 Å². The lowest BCUT2D eigenvalue weighted by molar-refractivity contribution is 0.103. The first-order valence-electron chi connectivity index (χ1n) is 4.76. The van der Waals surface area contributed by atoms with Crippen molar-refractivity contribution in [2.45, 2.75) is 6.92 Å². The maximum atomic E-state index is 12.9. The summed E-state index contributed by atoms with van der Waals surface area (Å²) in [7, 11) is 0. The molecule has 0 fully saturated rings. The smallest absolute Gasteiger partial charge is 0.194 e. The molecule has 0 spiro atoms. The molecule has 2 rings (SSSR count). The summed E-state index contributed by atoms with van der Waals surface area (Å²) >= 11 is 0. The van der Waals surface area contributed by atoms with E-state index in [0.717, 1.165) is 0 Å². The van der Waals surface area contributed by atoms with Crippen molar-refractivity contribution in [2.24, 2.45) is 0 Å². The molecule has 0 atom stereocenters. The number of benzene rings is 1. The summed E-state index contributed by atoms with van der Waals surface area (Å²) in [6.45, 7) is 1.70. The van der Waals surface area contributed by atoms with Gasteiger partial charge in [-0.1, -0.05) is 0 Å². The highest BCUT2D eigenvalue weighted by atomic mass is 19.1. The average molecular weight is 216 g/mol. The van der Waals surface area contributed by atoms with Gasteiger partial charge in [-0.3, -0.25) is 4.79 Å².